The molecule has 0 spiro atoms. The molecule has 7 N–H and O–H groups in total. The van der Waals surface area contributed by atoms with Gasteiger partial charge in [-0.2, -0.15) is 0 Å². The Bertz CT molecular complexity index is 814. The van der Waals surface area contributed by atoms with E-state index in [2.05, 4.69) is 12.2 Å². The fourth-order valence-electron chi connectivity index (χ4n) is 7.13. The molecule has 2 heterocycles. The Morgan fingerprint density at radius 2 is 1.32 bits per heavy atom. The van der Waals surface area contributed by atoms with Gasteiger partial charge >= 0.3 is 0 Å². The topological polar surface area (TPSA) is 178 Å². The monoisotopic (exact) mass is 718 g/mol. The summed E-state index contributed by atoms with van der Waals surface area (Å²) in [5.41, 5.74) is 0. The Labute approximate surface area is 302 Å². The van der Waals surface area contributed by atoms with Crippen molar-refractivity contribution in [2.75, 3.05) is 26.4 Å². The smallest absolute Gasteiger partial charge is 0.220 e. The van der Waals surface area contributed by atoms with Crippen LogP contribution < -0.4 is 5.32 Å². The molecule has 0 bridgehead atoms. The lowest BCUT2D eigenvalue weighted by Crippen LogP contribution is -2.60. The Balaban J connectivity index is 1.71. The van der Waals surface area contributed by atoms with Crippen molar-refractivity contribution in [3.63, 3.8) is 0 Å². The minimum absolute atomic E-state index is 0.264. The largest absolute Gasteiger partial charge is 0.394 e. The quantitative estimate of drug-likeness (QED) is 0.0481. The molecule has 2 aliphatic heterocycles. The molecule has 0 saturated carbocycles. The van der Waals surface area contributed by atoms with Crippen LogP contribution in [0.25, 0.3) is 0 Å². The average Bonchev–Trinajstić information content (AvgIpc) is 3.64. The standard InChI is InChI=1S/C39H75NO10/c1-2-3-4-5-6-7-8-9-10-14-17-20-23-32(42)35(44)31(29-49-39-38(47)37(46)36(45)33(27-41)50-39)40-34(43)24-21-18-15-12-11-13-16-19-22-30-25-26-48-28-30/h30-33,35-39,41-42,44-47H,2-29H2,1H3,(H,40,43)/t30?,31-,32+,33+,35-,36-,37-,38+,39-/m0/s1. The maximum atomic E-state index is 12.9. The van der Waals surface area contributed by atoms with Crippen molar-refractivity contribution in [1.29, 1.82) is 0 Å². The Morgan fingerprint density at radius 1 is 0.760 bits per heavy atom. The van der Waals surface area contributed by atoms with Crippen LogP contribution in [0.4, 0.5) is 0 Å². The number of aliphatic hydroxyl groups is 6. The second-order valence-corrected chi connectivity index (χ2v) is 15.0. The highest BCUT2D eigenvalue weighted by molar-refractivity contribution is 5.76. The molecular weight excluding hydrogens is 642 g/mol. The summed E-state index contributed by atoms with van der Waals surface area (Å²) in [7, 11) is 0. The normalized spacial score (nSPS) is 25.8. The van der Waals surface area contributed by atoms with Crippen LogP contribution in [0.5, 0.6) is 0 Å². The SMILES string of the molecule is CCCCCCCCCCCCCC[C@@H](O)[C@@H](O)[C@H](CO[C@H]1O[C@H](CO)[C@H](O)[C@H](O)[C@H]1O)NC(=O)CCCCCCCCCCC1CCOC1. The van der Waals surface area contributed by atoms with Crippen molar-refractivity contribution >= 4 is 5.91 Å². The summed E-state index contributed by atoms with van der Waals surface area (Å²) in [6, 6.07) is -0.988. The third-order valence-electron chi connectivity index (χ3n) is 10.6. The second-order valence-electron chi connectivity index (χ2n) is 15.0. The molecule has 2 aliphatic rings. The molecule has 296 valence electrons. The molecule has 9 atom stereocenters. The third-order valence-corrected chi connectivity index (χ3v) is 10.6. The minimum Gasteiger partial charge on any atom is -0.394 e. The number of carbonyl (C=O) groups excluding carboxylic acids is 1. The summed E-state index contributed by atoms with van der Waals surface area (Å²) in [4.78, 5) is 12.9. The molecule has 2 saturated heterocycles. The molecule has 0 aromatic heterocycles. The van der Waals surface area contributed by atoms with E-state index in [1.807, 2.05) is 0 Å². The molecule has 1 unspecified atom stereocenters. The molecule has 11 nitrogen and oxygen atoms in total. The van der Waals surface area contributed by atoms with Gasteiger partial charge < -0.3 is 50.2 Å². The molecule has 0 radical (unpaired) electrons. The number of amides is 1. The zero-order chi connectivity index (χ0) is 36.4. The molecule has 2 fully saturated rings. The lowest BCUT2D eigenvalue weighted by molar-refractivity contribution is -0.303. The van der Waals surface area contributed by atoms with E-state index in [9.17, 15) is 35.4 Å². The zero-order valence-electron chi connectivity index (χ0n) is 31.3. The highest BCUT2D eigenvalue weighted by Crippen LogP contribution is 2.23. The van der Waals surface area contributed by atoms with Crippen LogP contribution >= 0.6 is 0 Å². The van der Waals surface area contributed by atoms with Gasteiger partial charge in [0.25, 0.3) is 0 Å². The van der Waals surface area contributed by atoms with Crippen LogP contribution in [-0.4, -0.2) is 112 Å². The molecule has 11 heteroatoms. The first-order chi connectivity index (χ1) is 24.3. The van der Waals surface area contributed by atoms with Gasteiger partial charge in [0.1, 0.15) is 30.5 Å². The number of hydrogen-bond acceptors (Lipinski definition) is 10. The van der Waals surface area contributed by atoms with Gasteiger partial charge in [-0.1, -0.05) is 129 Å². The summed E-state index contributed by atoms with van der Waals surface area (Å²) in [6.45, 7) is 3.18. The molecule has 0 aromatic rings. The molecule has 0 aliphatic carbocycles. The fraction of sp³-hybridized carbons (Fsp3) is 0.974. The molecule has 1 amide bonds. The van der Waals surface area contributed by atoms with Crippen LogP contribution in [0.3, 0.4) is 0 Å². The Morgan fingerprint density at radius 3 is 1.88 bits per heavy atom. The first-order valence-electron chi connectivity index (χ1n) is 20.4. The van der Waals surface area contributed by atoms with Crippen LogP contribution in [0.1, 0.15) is 161 Å². The van der Waals surface area contributed by atoms with Gasteiger partial charge in [-0.15, -0.1) is 0 Å². The van der Waals surface area contributed by atoms with E-state index in [0.29, 0.717) is 12.8 Å². The summed E-state index contributed by atoms with van der Waals surface area (Å²) in [5.74, 6) is 0.489. The van der Waals surface area contributed by atoms with Crippen molar-refractivity contribution in [3.8, 4) is 0 Å². The van der Waals surface area contributed by atoms with Gasteiger partial charge in [0, 0.05) is 19.6 Å². The van der Waals surface area contributed by atoms with Gasteiger partial charge in [-0.25, -0.2) is 0 Å². The van der Waals surface area contributed by atoms with E-state index in [1.165, 1.54) is 89.9 Å². The summed E-state index contributed by atoms with van der Waals surface area (Å²) < 4.78 is 16.6. The molecule has 50 heavy (non-hydrogen) atoms. The lowest BCUT2D eigenvalue weighted by atomic mass is 9.98. The van der Waals surface area contributed by atoms with Crippen LogP contribution in [-0.2, 0) is 19.0 Å². The van der Waals surface area contributed by atoms with Crippen molar-refractivity contribution in [2.45, 2.75) is 210 Å². The highest BCUT2D eigenvalue weighted by Gasteiger charge is 2.44. The maximum Gasteiger partial charge on any atom is 0.220 e. The van der Waals surface area contributed by atoms with Crippen LogP contribution in [0, 0.1) is 5.92 Å². The first-order valence-corrected chi connectivity index (χ1v) is 20.4. The number of carbonyl (C=O) groups is 1. The summed E-state index contributed by atoms with van der Waals surface area (Å²) in [5, 5.41) is 64.9. The summed E-state index contributed by atoms with van der Waals surface area (Å²) >= 11 is 0. The third kappa shape index (κ3) is 19.3. The van der Waals surface area contributed by atoms with E-state index >= 15 is 0 Å². The predicted octanol–water partition coefficient (Wildman–Crippen LogP) is 5.04. The summed E-state index contributed by atoms with van der Waals surface area (Å²) in [6.07, 6.45) is 16.6. The number of unbranched alkanes of at least 4 members (excludes halogenated alkanes) is 18. The Kier molecular flexibility index (Phi) is 25.9. The highest BCUT2D eigenvalue weighted by atomic mass is 16.7. The van der Waals surface area contributed by atoms with Gasteiger partial charge in [0.2, 0.25) is 5.91 Å². The van der Waals surface area contributed by atoms with E-state index in [-0.39, 0.29) is 18.9 Å². The van der Waals surface area contributed by atoms with Crippen molar-refractivity contribution < 1.29 is 49.6 Å². The molecule has 0 aromatic carbocycles. The van der Waals surface area contributed by atoms with Gasteiger partial charge in [-0.3, -0.25) is 4.79 Å². The van der Waals surface area contributed by atoms with Crippen LogP contribution in [0.2, 0.25) is 0 Å². The van der Waals surface area contributed by atoms with Crippen molar-refractivity contribution in [1.82, 2.24) is 5.32 Å². The van der Waals surface area contributed by atoms with E-state index in [1.54, 1.807) is 0 Å². The first kappa shape index (κ1) is 45.3. The number of ether oxygens (including phenoxy) is 3. The van der Waals surface area contributed by atoms with Gasteiger partial charge in [-0.05, 0) is 31.6 Å². The molecular formula is C39H75NO10. The van der Waals surface area contributed by atoms with Gasteiger partial charge in [0.15, 0.2) is 6.29 Å². The van der Waals surface area contributed by atoms with Crippen molar-refractivity contribution in [3.05, 3.63) is 0 Å². The number of hydrogen-bond donors (Lipinski definition) is 7. The number of aliphatic hydroxyl groups excluding tert-OH is 6. The number of nitrogens with one attached hydrogen (secondary N) is 1. The maximum absolute atomic E-state index is 12.9. The Hall–Kier alpha value is -0.890. The second kappa shape index (κ2) is 28.6. The van der Waals surface area contributed by atoms with Crippen LogP contribution in [0.15, 0.2) is 0 Å². The predicted molar refractivity (Wildman–Crippen MR) is 194 cm³/mol. The average molecular weight is 718 g/mol. The van der Waals surface area contributed by atoms with Crippen molar-refractivity contribution in [2.24, 2.45) is 5.92 Å². The zero-order valence-corrected chi connectivity index (χ0v) is 31.3. The lowest BCUT2D eigenvalue weighted by Gasteiger charge is -2.40. The minimum atomic E-state index is -1.60. The van der Waals surface area contributed by atoms with E-state index in [0.717, 1.165) is 64.1 Å². The van der Waals surface area contributed by atoms with Gasteiger partial charge in [0.05, 0.1) is 25.4 Å². The molecule has 2 rings (SSSR count). The van der Waals surface area contributed by atoms with E-state index < -0.39 is 55.6 Å². The number of rotatable bonds is 31. The fourth-order valence-corrected chi connectivity index (χ4v) is 7.13. The van der Waals surface area contributed by atoms with E-state index in [4.69, 9.17) is 14.2 Å².